The van der Waals surface area contributed by atoms with Crippen molar-refractivity contribution in [1.82, 2.24) is 4.90 Å². The van der Waals surface area contributed by atoms with Gasteiger partial charge in [-0.05, 0) is 132 Å². The van der Waals surface area contributed by atoms with Gasteiger partial charge < -0.3 is 48.3 Å². The third kappa shape index (κ3) is 13.3. The van der Waals surface area contributed by atoms with E-state index in [2.05, 4.69) is 19.1 Å². The van der Waals surface area contributed by atoms with Crippen molar-refractivity contribution in [2.75, 3.05) is 42.1 Å². The largest absolute Gasteiger partial charge is 0.497 e. The number of hydrogen-bond acceptors (Lipinski definition) is 13. The van der Waals surface area contributed by atoms with Crippen LogP contribution in [-0.4, -0.2) is 129 Å². The zero-order valence-electron chi connectivity index (χ0n) is 42.6. The first-order chi connectivity index (χ1) is 32.3. The average Bonchev–Trinajstić information content (AvgIpc) is 3.33. The quantitative estimate of drug-likeness (QED) is 0.124. The number of nitrogens with zero attached hydrogens (tertiary/aromatic N) is 1. The van der Waals surface area contributed by atoms with Gasteiger partial charge in [0.1, 0.15) is 35.5 Å². The summed E-state index contributed by atoms with van der Waals surface area (Å²) in [5.74, 6) is -5.19. The predicted octanol–water partition coefficient (Wildman–Crippen LogP) is 7.99. The van der Waals surface area contributed by atoms with Crippen LogP contribution >= 0.6 is 0 Å². The Kier molecular flexibility index (Phi) is 20.0. The number of aliphatic hydroxyl groups is 2. The lowest BCUT2D eigenvalue weighted by Gasteiger charge is -2.47. The van der Waals surface area contributed by atoms with Crippen molar-refractivity contribution >= 4 is 29.5 Å². The van der Waals surface area contributed by atoms with E-state index in [1.165, 1.54) is 4.90 Å². The number of hydrogen-bond donors (Lipinski definition) is 2. The number of rotatable bonds is 11. The third-order valence-electron chi connectivity index (χ3n) is 15.2. The molecule has 14 heteroatoms. The summed E-state index contributed by atoms with van der Waals surface area (Å²) in [5, 5.41) is 24.1. The van der Waals surface area contributed by atoms with Crippen LogP contribution in [0.4, 0.5) is 0 Å². The molecule has 4 aliphatic rings. The highest BCUT2D eigenvalue weighted by molar-refractivity contribution is 6.39. The maximum atomic E-state index is 14.5. The molecule has 1 aromatic carbocycles. The van der Waals surface area contributed by atoms with Crippen LogP contribution in [0, 0.1) is 29.6 Å². The SMILES string of the molecule is CCC1C=C(C)CC(C)CC(OC)C2OC(O)(C(=O)C(=O)N3CCCCC3C(=O)OC(C(C)=CC3CCC(O)(CC=Cc4cc(OC)cc(OC)c4)C(OC)C3)C(C)CCC1=O)C(C)CC2OC. The summed E-state index contributed by atoms with van der Waals surface area (Å²) in [6.45, 7) is 11.8. The number of methoxy groups -OCH3 is 5. The van der Waals surface area contributed by atoms with Crippen molar-refractivity contribution in [3.8, 4) is 11.5 Å². The van der Waals surface area contributed by atoms with Crippen molar-refractivity contribution in [3.05, 3.63) is 53.1 Å². The maximum absolute atomic E-state index is 14.5. The van der Waals surface area contributed by atoms with E-state index in [1.807, 2.05) is 52.0 Å². The van der Waals surface area contributed by atoms with E-state index in [1.54, 1.807) is 48.5 Å². The smallest absolute Gasteiger partial charge is 0.329 e. The van der Waals surface area contributed by atoms with E-state index in [4.69, 9.17) is 33.2 Å². The molecular weight excluding hydrogens is 871 g/mol. The lowest BCUT2D eigenvalue weighted by molar-refractivity contribution is -0.302. The summed E-state index contributed by atoms with van der Waals surface area (Å²) < 4.78 is 41.4. The Balaban J connectivity index is 1.44. The number of cyclic esters (lactones) is 1. The van der Waals surface area contributed by atoms with Gasteiger partial charge in [-0.2, -0.15) is 0 Å². The van der Waals surface area contributed by atoms with Gasteiger partial charge in [-0.3, -0.25) is 14.4 Å². The van der Waals surface area contributed by atoms with E-state index in [9.17, 15) is 29.4 Å². The highest BCUT2D eigenvalue weighted by Crippen LogP contribution is 2.41. The molecule has 68 heavy (non-hydrogen) atoms. The zero-order chi connectivity index (χ0) is 49.9. The minimum Gasteiger partial charge on any atom is -0.497 e. The van der Waals surface area contributed by atoms with Crippen LogP contribution in [0.5, 0.6) is 11.5 Å². The molecule has 1 aromatic rings. The lowest BCUT2D eigenvalue weighted by atomic mass is 9.74. The molecule has 1 saturated carbocycles. The number of amides is 1. The number of esters is 1. The van der Waals surface area contributed by atoms with Gasteiger partial charge >= 0.3 is 5.97 Å². The van der Waals surface area contributed by atoms with Gasteiger partial charge in [0.05, 0.1) is 38.1 Å². The van der Waals surface area contributed by atoms with Gasteiger partial charge in [-0.15, -0.1) is 0 Å². The van der Waals surface area contributed by atoms with Crippen molar-refractivity contribution in [3.63, 3.8) is 0 Å². The van der Waals surface area contributed by atoms with Gasteiger partial charge in [0.25, 0.3) is 11.7 Å². The van der Waals surface area contributed by atoms with Gasteiger partial charge in [-0.1, -0.05) is 57.6 Å². The molecule has 380 valence electrons. The summed E-state index contributed by atoms with van der Waals surface area (Å²) >= 11 is 0. The van der Waals surface area contributed by atoms with E-state index in [0.717, 1.165) is 16.7 Å². The summed E-state index contributed by atoms with van der Waals surface area (Å²) in [6, 6.07) is 4.51. The number of allylic oxidation sites excluding steroid dienone is 3. The molecule has 1 amide bonds. The van der Waals surface area contributed by atoms with Crippen LogP contribution in [0.2, 0.25) is 0 Å². The fourth-order valence-corrected chi connectivity index (χ4v) is 11.1. The molecule has 2 bridgehead atoms. The van der Waals surface area contributed by atoms with Crippen LogP contribution in [0.3, 0.4) is 0 Å². The number of ketones is 2. The number of benzene rings is 1. The van der Waals surface area contributed by atoms with Crippen LogP contribution in [-0.2, 0) is 42.9 Å². The lowest BCUT2D eigenvalue weighted by Crippen LogP contribution is -2.64. The van der Waals surface area contributed by atoms with Gasteiger partial charge in [0, 0.05) is 52.2 Å². The molecule has 5 rings (SSSR count). The Morgan fingerprint density at radius 3 is 2.19 bits per heavy atom. The Morgan fingerprint density at radius 2 is 1.56 bits per heavy atom. The minimum absolute atomic E-state index is 0.0210. The second-order valence-electron chi connectivity index (χ2n) is 20.2. The first-order valence-corrected chi connectivity index (χ1v) is 24.9. The molecule has 1 aliphatic carbocycles. The summed E-state index contributed by atoms with van der Waals surface area (Å²) in [5.41, 5.74) is 1.61. The predicted molar refractivity (Wildman–Crippen MR) is 259 cm³/mol. The first-order valence-electron chi connectivity index (χ1n) is 24.9. The number of Topliss-reactive ketones (excluding diaryl/α,β-unsaturated/α-hetero) is 2. The fourth-order valence-electron chi connectivity index (χ4n) is 11.1. The molecule has 0 spiro atoms. The van der Waals surface area contributed by atoms with Gasteiger partial charge in [0.15, 0.2) is 0 Å². The van der Waals surface area contributed by atoms with Gasteiger partial charge in [0.2, 0.25) is 5.79 Å². The van der Waals surface area contributed by atoms with Crippen LogP contribution in [0.1, 0.15) is 131 Å². The first kappa shape index (κ1) is 55.0. The van der Waals surface area contributed by atoms with Crippen molar-refractivity contribution in [1.29, 1.82) is 0 Å². The number of carbonyl (C=O) groups is 4. The second-order valence-corrected chi connectivity index (χ2v) is 20.2. The van der Waals surface area contributed by atoms with Crippen molar-refractivity contribution < 1.29 is 62.5 Å². The number of fused-ring (bicyclic) bond motifs is 3. The highest BCUT2D eigenvalue weighted by Gasteiger charge is 2.56. The zero-order valence-corrected chi connectivity index (χ0v) is 42.6. The third-order valence-corrected chi connectivity index (χ3v) is 15.2. The Bertz CT molecular complexity index is 1960. The molecule has 2 saturated heterocycles. The standard InChI is InChI=1S/C54H81NO13/c1-12-40-25-33(2)24-34(3)26-45(64-9)49-46(65-10)28-37(6)54(61,68-49)50(57)51(58)55-23-14-13-17-43(55)52(59)67-48(35(4)18-19-44(40)56)36(5)27-39-20-22-53(60,47(31-39)66-11)21-15-16-38-29-41(62-7)32-42(30-38)63-8/h15-16,25,27,29-30,32,34-35,37,39-40,43,45-49,60-61H,12-14,17-24,26,28,31H2,1-11H3. The van der Waals surface area contributed by atoms with Crippen molar-refractivity contribution in [2.24, 2.45) is 29.6 Å². The Hall–Kier alpha value is -3.92. The average molecular weight is 952 g/mol. The molecule has 13 unspecified atom stereocenters. The molecule has 0 radical (unpaired) electrons. The molecule has 14 nitrogen and oxygen atoms in total. The van der Waals surface area contributed by atoms with Crippen LogP contribution in [0.15, 0.2) is 47.6 Å². The van der Waals surface area contributed by atoms with E-state index >= 15 is 0 Å². The Morgan fingerprint density at radius 1 is 0.882 bits per heavy atom. The van der Waals surface area contributed by atoms with Crippen molar-refractivity contribution in [2.45, 2.75) is 173 Å². The molecule has 3 heterocycles. The molecule has 13 atom stereocenters. The van der Waals surface area contributed by atoms with E-state index < -0.39 is 71.5 Å². The highest BCUT2D eigenvalue weighted by atomic mass is 16.7. The van der Waals surface area contributed by atoms with E-state index in [-0.39, 0.29) is 55.3 Å². The number of ether oxygens (including phenoxy) is 7. The maximum Gasteiger partial charge on any atom is 0.329 e. The molecule has 3 aliphatic heterocycles. The topological polar surface area (TPSA) is 177 Å². The molecule has 2 N–H and O–H groups in total. The minimum atomic E-state index is -2.49. The molecule has 0 aromatic heterocycles. The summed E-state index contributed by atoms with van der Waals surface area (Å²) in [7, 11) is 7.91. The molecular formula is C54H81NO13. The Labute approximate surface area is 405 Å². The van der Waals surface area contributed by atoms with Crippen LogP contribution < -0.4 is 9.47 Å². The fraction of sp³-hybridized carbons (Fsp3) is 0.704. The second kappa shape index (κ2) is 24.8. The van der Waals surface area contributed by atoms with Crippen LogP contribution in [0.25, 0.3) is 6.08 Å². The summed E-state index contributed by atoms with van der Waals surface area (Å²) in [6.07, 6.45) is 11.0. The normalized spacial score (nSPS) is 35.5. The number of carbonyl (C=O) groups excluding carboxylic acids is 4. The monoisotopic (exact) mass is 952 g/mol. The summed E-state index contributed by atoms with van der Waals surface area (Å²) in [4.78, 5) is 58.5. The molecule has 3 fully saturated rings. The van der Waals surface area contributed by atoms with E-state index in [0.29, 0.717) is 75.7 Å². The van der Waals surface area contributed by atoms with Gasteiger partial charge in [-0.25, -0.2) is 4.79 Å². The number of piperidine rings is 1.